The molecule has 0 aliphatic carbocycles. The lowest BCUT2D eigenvalue weighted by atomic mass is 9.78. The van der Waals surface area contributed by atoms with Crippen molar-refractivity contribution in [2.24, 2.45) is 0 Å². The van der Waals surface area contributed by atoms with Crippen LogP contribution in [-0.2, 0) is 20.5 Å². The van der Waals surface area contributed by atoms with Crippen LogP contribution in [0.2, 0.25) is 0 Å². The van der Waals surface area contributed by atoms with Crippen molar-refractivity contribution in [2.45, 2.75) is 64.8 Å². The van der Waals surface area contributed by atoms with Gasteiger partial charge in [0.1, 0.15) is 11.9 Å². The SMILES string of the molecule is CCOCC1CCc2ccc(B3OC(C)(C)C(C)(C)O3)cc2O1. The van der Waals surface area contributed by atoms with Crippen LogP contribution in [0.15, 0.2) is 18.2 Å². The maximum Gasteiger partial charge on any atom is 0.494 e. The van der Waals surface area contributed by atoms with Gasteiger partial charge in [0.05, 0.1) is 17.8 Å². The largest absolute Gasteiger partial charge is 0.494 e. The summed E-state index contributed by atoms with van der Waals surface area (Å²) in [5.41, 5.74) is 1.61. The lowest BCUT2D eigenvalue weighted by Gasteiger charge is -2.32. The Morgan fingerprint density at radius 1 is 1.17 bits per heavy atom. The Labute approximate surface area is 139 Å². The molecular weight excluding hydrogens is 291 g/mol. The van der Waals surface area contributed by atoms with E-state index in [1.807, 2.05) is 6.92 Å². The van der Waals surface area contributed by atoms with Crippen LogP contribution in [0.5, 0.6) is 5.75 Å². The third kappa shape index (κ3) is 3.28. The third-order valence-corrected chi connectivity index (χ3v) is 5.15. The molecule has 1 unspecified atom stereocenters. The van der Waals surface area contributed by atoms with Crippen molar-refractivity contribution in [3.63, 3.8) is 0 Å². The number of fused-ring (bicyclic) bond motifs is 1. The van der Waals surface area contributed by atoms with Crippen LogP contribution in [0.4, 0.5) is 0 Å². The highest BCUT2D eigenvalue weighted by Gasteiger charge is 2.51. The van der Waals surface area contributed by atoms with Crippen LogP contribution < -0.4 is 10.2 Å². The molecule has 2 heterocycles. The van der Waals surface area contributed by atoms with Crippen LogP contribution in [0.1, 0.15) is 46.6 Å². The van der Waals surface area contributed by atoms with Gasteiger partial charge >= 0.3 is 7.12 Å². The van der Waals surface area contributed by atoms with Crippen LogP contribution in [-0.4, -0.2) is 37.6 Å². The second kappa shape index (κ2) is 6.12. The Kier molecular flexibility index (Phi) is 4.47. The number of hydrogen-bond acceptors (Lipinski definition) is 4. The number of aryl methyl sites for hydroxylation is 1. The molecule has 1 saturated heterocycles. The second-order valence-corrected chi connectivity index (χ2v) is 7.39. The summed E-state index contributed by atoms with van der Waals surface area (Å²) >= 11 is 0. The van der Waals surface area contributed by atoms with Crippen LogP contribution in [0.3, 0.4) is 0 Å². The topological polar surface area (TPSA) is 36.9 Å². The van der Waals surface area contributed by atoms with Gasteiger partial charge in [-0.1, -0.05) is 12.1 Å². The normalized spacial score (nSPS) is 25.1. The van der Waals surface area contributed by atoms with Gasteiger partial charge in [-0.3, -0.25) is 0 Å². The van der Waals surface area contributed by atoms with Crippen molar-refractivity contribution in [1.82, 2.24) is 0 Å². The van der Waals surface area contributed by atoms with Crippen molar-refractivity contribution < 1.29 is 18.8 Å². The molecule has 2 aliphatic rings. The highest BCUT2D eigenvalue weighted by atomic mass is 16.7. The van der Waals surface area contributed by atoms with E-state index >= 15 is 0 Å². The van der Waals surface area contributed by atoms with Crippen LogP contribution in [0.25, 0.3) is 0 Å². The van der Waals surface area contributed by atoms with E-state index in [9.17, 15) is 0 Å². The van der Waals surface area contributed by atoms with Gasteiger partial charge in [-0.25, -0.2) is 0 Å². The molecule has 23 heavy (non-hydrogen) atoms. The van der Waals surface area contributed by atoms with E-state index in [0.717, 1.165) is 30.7 Å². The summed E-state index contributed by atoms with van der Waals surface area (Å²) in [4.78, 5) is 0. The fourth-order valence-electron chi connectivity index (χ4n) is 2.93. The van der Waals surface area contributed by atoms with E-state index in [1.165, 1.54) is 5.56 Å². The van der Waals surface area contributed by atoms with Gasteiger partial charge in [0, 0.05) is 6.61 Å². The molecule has 0 amide bonds. The standard InChI is InChI=1S/C18H27BO4/c1-6-20-12-15-10-8-13-7-9-14(11-16(13)21-15)19-22-17(2,3)18(4,5)23-19/h7,9,11,15H,6,8,10,12H2,1-5H3. The molecule has 0 aromatic heterocycles. The van der Waals surface area contributed by atoms with E-state index < -0.39 is 0 Å². The van der Waals surface area contributed by atoms with Gasteiger partial charge in [-0.05, 0) is 64.6 Å². The Bertz CT molecular complexity index is 554. The van der Waals surface area contributed by atoms with E-state index in [1.54, 1.807) is 0 Å². The van der Waals surface area contributed by atoms with Crippen LogP contribution in [0, 0.1) is 0 Å². The molecule has 0 spiro atoms. The second-order valence-electron chi connectivity index (χ2n) is 7.39. The van der Waals surface area contributed by atoms with Gasteiger partial charge in [-0.15, -0.1) is 0 Å². The minimum atomic E-state index is -0.346. The Morgan fingerprint density at radius 2 is 1.87 bits per heavy atom. The Hall–Kier alpha value is -1.04. The summed E-state index contributed by atoms with van der Waals surface area (Å²) in [6.07, 6.45) is 2.16. The number of hydrogen-bond donors (Lipinski definition) is 0. The minimum Gasteiger partial charge on any atom is -0.488 e. The molecular formula is C18H27BO4. The van der Waals surface area contributed by atoms with Crippen molar-refractivity contribution in [3.8, 4) is 5.75 Å². The minimum absolute atomic E-state index is 0.135. The monoisotopic (exact) mass is 318 g/mol. The van der Waals surface area contributed by atoms with E-state index in [2.05, 4.69) is 45.9 Å². The molecule has 0 saturated carbocycles. The summed E-state index contributed by atoms with van der Waals surface area (Å²) in [6, 6.07) is 6.29. The van der Waals surface area contributed by atoms with Crippen molar-refractivity contribution >= 4 is 12.6 Å². The molecule has 126 valence electrons. The first-order chi connectivity index (χ1) is 10.8. The van der Waals surface area contributed by atoms with E-state index in [4.69, 9.17) is 18.8 Å². The van der Waals surface area contributed by atoms with Gasteiger partial charge in [0.15, 0.2) is 0 Å². The van der Waals surface area contributed by atoms with E-state index in [0.29, 0.717) is 6.61 Å². The highest BCUT2D eigenvalue weighted by molar-refractivity contribution is 6.62. The maximum absolute atomic E-state index is 6.13. The number of rotatable bonds is 4. The van der Waals surface area contributed by atoms with Gasteiger partial charge in [0.2, 0.25) is 0 Å². The quantitative estimate of drug-likeness (QED) is 0.800. The summed E-state index contributed by atoms with van der Waals surface area (Å²) in [5.74, 6) is 0.938. The van der Waals surface area contributed by atoms with E-state index in [-0.39, 0.29) is 24.4 Å². The van der Waals surface area contributed by atoms with Gasteiger partial charge in [-0.2, -0.15) is 0 Å². The average Bonchev–Trinajstić information content (AvgIpc) is 2.72. The first-order valence-corrected chi connectivity index (χ1v) is 8.55. The zero-order chi connectivity index (χ0) is 16.7. The summed E-state index contributed by atoms with van der Waals surface area (Å²) in [6.45, 7) is 11.7. The average molecular weight is 318 g/mol. The van der Waals surface area contributed by atoms with Crippen molar-refractivity contribution in [1.29, 1.82) is 0 Å². The lowest BCUT2D eigenvalue weighted by Crippen LogP contribution is -2.41. The molecule has 3 rings (SSSR count). The zero-order valence-corrected chi connectivity index (χ0v) is 14.8. The number of benzene rings is 1. The summed E-state index contributed by atoms with van der Waals surface area (Å²) < 4.78 is 23.9. The molecule has 5 heteroatoms. The van der Waals surface area contributed by atoms with Crippen molar-refractivity contribution in [3.05, 3.63) is 23.8 Å². The fraction of sp³-hybridized carbons (Fsp3) is 0.667. The van der Waals surface area contributed by atoms with Crippen LogP contribution >= 0.6 is 0 Å². The first-order valence-electron chi connectivity index (χ1n) is 8.55. The Balaban J connectivity index is 1.77. The first kappa shape index (κ1) is 16.8. The molecule has 4 nitrogen and oxygen atoms in total. The number of ether oxygens (including phenoxy) is 2. The molecule has 1 atom stereocenters. The maximum atomic E-state index is 6.13. The molecule has 0 N–H and O–H groups in total. The fourth-order valence-corrected chi connectivity index (χ4v) is 2.93. The molecule has 1 aromatic rings. The van der Waals surface area contributed by atoms with Gasteiger partial charge < -0.3 is 18.8 Å². The third-order valence-electron chi connectivity index (χ3n) is 5.15. The molecule has 1 aromatic carbocycles. The predicted molar refractivity (Wildman–Crippen MR) is 91.4 cm³/mol. The Morgan fingerprint density at radius 3 is 2.52 bits per heavy atom. The molecule has 1 fully saturated rings. The molecule has 2 aliphatic heterocycles. The van der Waals surface area contributed by atoms with Gasteiger partial charge in [0.25, 0.3) is 0 Å². The lowest BCUT2D eigenvalue weighted by molar-refractivity contribution is 0.00578. The predicted octanol–water partition coefficient (Wildman–Crippen LogP) is 2.72. The molecule has 0 bridgehead atoms. The smallest absolute Gasteiger partial charge is 0.488 e. The summed E-state index contributed by atoms with van der Waals surface area (Å²) in [5, 5.41) is 0. The summed E-state index contributed by atoms with van der Waals surface area (Å²) in [7, 11) is -0.346. The van der Waals surface area contributed by atoms with Crippen molar-refractivity contribution in [2.75, 3.05) is 13.2 Å². The zero-order valence-electron chi connectivity index (χ0n) is 14.8. The molecule has 0 radical (unpaired) electrons. The highest BCUT2D eigenvalue weighted by Crippen LogP contribution is 2.37.